The minimum atomic E-state index is -3.13. The number of rotatable bonds is 4. The second-order valence-electron chi connectivity index (χ2n) is 2.59. The normalized spacial score (nSPS) is 9.50. The fraction of sp³-hybridized carbons (Fsp3) is 0.429. The molecule has 0 aliphatic heterocycles. The molecule has 0 aliphatic rings. The Hall–Kier alpha value is -0.810. The molecule has 0 unspecified atom stereocenters. The van der Waals surface area contributed by atoms with Crippen LogP contribution >= 0.6 is 8.25 Å². The summed E-state index contributed by atoms with van der Waals surface area (Å²) in [6.07, 6.45) is 0. The number of hydrogen-bond acceptors (Lipinski definition) is 4. The molecule has 0 saturated heterocycles. The van der Waals surface area contributed by atoms with Gasteiger partial charge in [0.15, 0.2) is 0 Å². The molecule has 0 aromatic carbocycles. The summed E-state index contributed by atoms with van der Waals surface area (Å²) in [6, 6.07) is 0. The Morgan fingerprint density at radius 3 is 1.57 bits per heavy atom. The lowest BCUT2D eigenvalue weighted by Gasteiger charge is -2.13. The number of hydrogen-bond donors (Lipinski definition) is 4. The van der Waals surface area contributed by atoms with Crippen LogP contribution in [0.4, 0.5) is 0 Å². The Kier molecular flexibility index (Phi) is 9.81. The van der Waals surface area contributed by atoms with E-state index in [2.05, 4.69) is 13.2 Å². The monoisotopic (exact) mass is 225 g/mol. The Morgan fingerprint density at radius 1 is 1.21 bits per heavy atom. The minimum Gasteiger partial charge on any atom is -0.512 e. The molecule has 0 aliphatic carbocycles. The van der Waals surface area contributed by atoms with Gasteiger partial charge in [-0.15, -0.1) is 0 Å². The fourth-order valence-electron chi connectivity index (χ4n) is 0.679. The lowest BCUT2D eigenvalue weighted by molar-refractivity contribution is 0.269. The standard InChI is InChI=1S/C7H13NO2.H3O3P/c1-6(9)4-8(3)5-7(2)10;1-4(2)3/h9-10H,1-2,4-5H2,3H3;4H,(H2,1,2,3). The molecule has 0 spiro atoms. The molecule has 14 heavy (non-hydrogen) atoms. The van der Waals surface area contributed by atoms with Gasteiger partial charge in [-0.2, -0.15) is 0 Å². The maximum Gasteiger partial charge on any atom is 0.314 e. The third-order valence-corrected chi connectivity index (χ3v) is 0.905. The van der Waals surface area contributed by atoms with E-state index in [4.69, 9.17) is 24.6 Å². The van der Waals surface area contributed by atoms with Gasteiger partial charge in [0.2, 0.25) is 0 Å². The highest BCUT2D eigenvalue weighted by atomic mass is 31.1. The van der Waals surface area contributed by atoms with Gasteiger partial charge in [0.1, 0.15) is 0 Å². The molecule has 0 rings (SSSR count). The van der Waals surface area contributed by atoms with Gasteiger partial charge in [-0.3, -0.25) is 9.46 Å². The molecule has 4 N–H and O–H groups in total. The van der Waals surface area contributed by atoms with Crippen LogP contribution in [0.1, 0.15) is 0 Å². The van der Waals surface area contributed by atoms with E-state index < -0.39 is 8.25 Å². The highest BCUT2D eigenvalue weighted by molar-refractivity contribution is 7.30. The number of aliphatic hydroxyl groups is 2. The first kappa shape index (κ1) is 15.7. The first-order valence-electron chi connectivity index (χ1n) is 3.59. The maximum atomic E-state index is 8.74. The van der Waals surface area contributed by atoms with Gasteiger partial charge < -0.3 is 20.0 Å². The Labute approximate surface area is 83.4 Å². The predicted molar refractivity (Wildman–Crippen MR) is 54.5 cm³/mol. The van der Waals surface area contributed by atoms with E-state index in [1.54, 1.807) is 11.9 Å². The molecular formula is C7H16NO5P. The Balaban J connectivity index is 0. The third kappa shape index (κ3) is 22.5. The van der Waals surface area contributed by atoms with Crippen molar-refractivity contribution in [3.63, 3.8) is 0 Å². The highest BCUT2D eigenvalue weighted by Crippen LogP contribution is 1.98. The van der Waals surface area contributed by atoms with Crippen molar-refractivity contribution >= 4 is 8.25 Å². The highest BCUT2D eigenvalue weighted by Gasteiger charge is 1.99. The van der Waals surface area contributed by atoms with Crippen LogP contribution in [0.25, 0.3) is 0 Å². The summed E-state index contributed by atoms with van der Waals surface area (Å²) in [7, 11) is -1.38. The van der Waals surface area contributed by atoms with Gasteiger partial charge in [0.05, 0.1) is 24.6 Å². The van der Waals surface area contributed by atoms with Gasteiger partial charge in [-0.05, 0) is 7.05 Å². The summed E-state index contributed by atoms with van der Waals surface area (Å²) in [5, 5.41) is 17.4. The van der Waals surface area contributed by atoms with Crippen LogP contribution in [0.2, 0.25) is 0 Å². The molecule has 0 aromatic heterocycles. The van der Waals surface area contributed by atoms with Crippen molar-refractivity contribution in [2.75, 3.05) is 20.1 Å². The van der Waals surface area contributed by atoms with E-state index in [1.165, 1.54) is 0 Å². The van der Waals surface area contributed by atoms with Gasteiger partial charge in [0, 0.05) is 0 Å². The summed E-state index contributed by atoms with van der Waals surface area (Å²) in [5.41, 5.74) is 0. The van der Waals surface area contributed by atoms with Crippen LogP contribution in [-0.2, 0) is 4.57 Å². The smallest absolute Gasteiger partial charge is 0.314 e. The average molecular weight is 225 g/mol. The summed E-state index contributed by atoms with van der Waals surface area (Å²) in [6.45, 7) is 7.33. The second kappa shape index (κ2) is 8.77. The molecule has 0 fully saturated rings. The topological polar surface area (TPSA) is 101 Å². The molecule has 0 saturated carbocycles. The molecule has 7 heteroatoms. The fourth-order valence-corrected chi connectivity index (χ4v) is 0.679. The van der Waals surface area contributed by atoms with Crippen LogP contribution in [0.15, 0.2) is 24.7 Å². The number of aliphatic hydroxyl groups excluding tert-OH is 2. The lowest BCUT2D eigenvalue weighted by atomic mass is 10.4. The Morgan fingerprint density at radius 2 is 1.43 bits per heavy atom. The molecule has 6 nitrogen and oxygen atoms in total. The van der Waals surface area contributed by atoms with E-state index in [1.807, 2.05) is 0 Å². The molecule has 0 radical (unpaired) electrons. The van der Waals surface area contributed by atoms with Gasteiger partial charge in [0.25, 0.3) is 0 Å². The predicted octanol–water partition coefficient (Wildman–Crippen LogP) is 0.422. The van der Waals surface area contributed by atoms with Crippen LogP contribution in [0.3, 0.4) is 0 Å². The molecule has 0 amide bonds. The third-order valence-electron chi connectivity index (χ3n) is 0.905. The van der Waals surface area contributed by atoms with Crippen molar-refractivity contribution in [3.05, 3.63) is 24.7 Å². The van der Waals surface area contributed by atoms with Gasteiger partial charge >= 0.3 is 8.25 Å². The average Bonchev–Trinajstić information content (AvgIpc) is 1.79. The van der Waals surface area contributed by atoms with E-state index in [-0.39, 0.29) is 11.5 Å². The molecule has 0 atom stereocenters. The van der Waals surface area contributed by atoms with Crippen molar-refractivity contribution in [3.8, 4) is 0 Å². The van der Waals surface area contributed by atoms with Crippen molar-refractivity contribution in [1.29, 1.82) is 0 Å². The van der Waals surface area contributed by atoms with Crippen molar-refractivity contribution < 1.29 is 24.6 Å². The summed E-state index contributed by atoms with van der Waals surface area (Å²) in [5.74, 6) is 0.174. The van der Waals surface area contributed by atoms with E-state index in [9.17, 15) is 0 Å². The van der Waals surface area contributed by atoms with Crippen LogP contribution < -0.4 is 0 Å². The van der Waals surface area contributed by atoms with Crippen molar-refractivity contribution in [1.82, 2.24) is 4.90 Å². The molecule has 0 aromatic rings. The summed E-state index contributed by atoms with van der Waals surface area (Å²) in [4.78, 5) is 16.0. The lowest BCUT2D eigenvalue weighted by Crippen LogP contribution is -2.22. The molecular weight excluding hydrogens is 209 g/mol. The van der Waals surface area contributed by atoms with Crippen molar-refractivity contribution in [2.24, 2.45) is 0 Å². The van der Waals surface area contributed by atoms with Crippen LogP contribution in [0, 0.1) is 0 Å². The number of likely N-dealkylation sites (N-methyl/N-ethyl adjacent to an activating group) is 1. The number of nitrogens with zero attached hydrogens (tertiary/aromatic N) is 1. The second-order valence-corrected chi connectivity index (χ2v) is 3.15. The first-order chi connectivity index (χ1) is 6.25. The van der Waals surface area contributed by atoms with Crippen LogP contribution in [-0.4, -0.2) is 45.0 Å². The summed E-state index contributed by atoms with van der Waals surface area (Å²) >= 11 is 0. The summed E-state index contributed by atoms with van der Waals surface area (Å²) < 4.78 is 8.74. The van der Waals surface area contributed by atoms with Gasteiger partial charge in [-0.25, -0.2) is 0 Å². The molecule has 0 bridgehead atoms. The quantitative estimate of drug-likeness (QED) is 0.408. The largest absolute Gasteiger partial charge is 0.512 e. The zero-order chi connectivity index (χ0) is 11.7. The molecule has 0 heterocycles. The van der Waals surface area contributed by atoms with Gasteiger partial charge in [-0.1, -0.05) is 13.2 Å². The SMILES string of the molecule is C=C(O)CN(C)CC(=C)O.O=[PH](O)O. The maximum absolute atomic E-state index is 8.74. The Bertz CT molecular complexity index is 198. The zero-order valence-corrected chi connectivity index (χ0v) is 8.97. The van der Waals surface area contributed by atoms with E-state index in [0.29, 0.717) is 13.1 Å². The van der Waals surface area contributed by atoms with Crippen molar-refractivity contribution in [2.45, 2.75) is 0 Å². The van der Waals surface area contributed by atoms with E-state index in [0.717, 1.165) is 0 Å². The first-order valence-corrected chi connectivity index (χ1v) is 4.90. The molecule has 84 valence electrons. The minimum absolute atomic E-state index is 0.0868. The van der Waals surface area contributed by atoms with Crippen LogP contribution in [0.5, 0.6) is 0 Å². The van der Waals surface area contributed by atoms with E-state index >= 15 is 0 Å². The zero-order valence-electron chi connectivity index (χ0n) is 7.97.